The third-order valence-corrected chi connectivity index (χ3v) is 4.86. The molecule has 4 unspecified atom stereocenters. The summed E-state index contributed by atoms with van der Waals surface area (Å²) in [6.07, 6.45) is 12.8. The van der Waals surface area contributed by atoms with E-state index >= 15 is 0 Å². The summed E-state index contributed by atoms with van der Waals surface area (Å²) < 4.78 is 0. The first kappa shape index (κ1) is 14.2. The second kappa shape index (κ2) is 6.31. The third-order valence-electron chi connectivity index (χ3n) is 4.67. The van der Waals surface area contributed by atoms with Crippen molar-refractivity contribution in [3.8, 4) is 0 Å². The number of hydrazone groups is 1. The lowest BCUT2D eigenvalue weighted by Crippen LogP contribution is -2.29. The average Bonchev–Trinajstić information content (AvgIpc) is 2.71. The van der Waals surface area contributed by atoms with Crippen molar-refractivity contribution < 1.29 is 0 Å². The monoisotopic (exact) mass is 268 g/mol. The Morgan fingerprint density at radius 1 is 1.33 bits per heavy atom. The summed E-state index contributed by atoms with van der Waals surface area (Å²) >= 11 is 4.60. The quantitative estimate of drug-likeness (QED) is 0.726. The highest BCUT2D eigenvalue weighted by Gasteiger charge is 2.29. The Balaban J connectivity index is 1.91. The minimum Gasteiger partial charge on any atom is -0.307 e. The van der Waals surface area contributed by atoms with Crippen LogP contribution in [0.4, 0.5) is 0 Å². The van der Waals surface area contributed by atoms with Crippen LogP contribution in [0.3, 0.4) is 0 Å². The Labute approximate surface area is 117 Å². The van der Waals surface area contributed by atoms with Crippen molar-refractivity contribution in [3.05, 3.63) is 0 Å². The van der Waals surface area contributed by atoms with Gasteiger partial charge < -0.3 is 5.43 Å². The van der Waals surface area contributed by atoms with Crippen LogP contribution in [0.25, 0.3) is 0 Å². The smallest absolute Gasteiger partial charge is 0.0518 e. The van der Waals surface area contributed by atoms with E-state index in [1.54, 1.807) is 0 Å². The average molecular weight is 268 g/mol. The van der Waals surface area contributed by atoms with Gasteiger partial charge in [-0.2, -0.15) is 17.7 Å². The molecular weight excluding hydrogens is 240 g/mol. The van der Waals surface area contributed by atoms with Crippen LogP contribution in [0, 0.1) is 11.3 Å². The van der Waals surface area contributed by atoms with Gasteiger partial charge in [0, 0.05) is 12.1 Å². The Bertz CT molecular complexity index is 290. The molecule has 0 saturated heterocycles. The maximum absolute atomic E-state index is 4.60. The lowest BCUT2D eigenvalue weighted by atomic mass is 9.74. The molecule has 1 saturated carbocycles. The largest absolute Gasteiger partial charge is 0.307 e. The Kier molecular flexibility index (Phi) is 4.99. The van der Waals surface area contributed by atoms with Gasteiger partial charge in [-0.3, -0.25) is 0 Å². The fourth-order valence-corrected chi connectivity index (χ4v) is 4.15. The van der Waals surface area contributed by atoms with Gasteiger partial charge in [0.25, 0.3) is 0 Å². The molecular formula is C15H28N2S. The van der Waals surface area contributed by atoms with E-state index in [-0.39, 0.29) is 0 Å². The van der Waals surface area contributed by atoms with Crippen LogP contribution in [-0.4, -0.2) is 17.5 Å². The van der Waals surface area contributed by atoms with Gasteiger partial charge in [0.15, 0.2) is 0 Å². The first-order valence-corrected chi connectivity index (χ1v) is 8.07. The first-order valence-electron chi connectivity index (χ1n) is 7.56. The summed E-state index contributed by atoms with van der Waals surface area (Å²) in [6.45, 7) is 4.70. The molecule has 3 heteroatoms. The highest BCUT2D eigenvalue weighted by atomic mass is 32.1. The van der Waals surface area contributed by atoms with Gasteiger partial charge in [0.1, 0.15) is 0 Å². The Morgan fingerprint density at radius 3 is 2.89 bits per heavy atom. The van der Waals surface area contributed by atoms with Crippen molar-refractivity contribution >= 4 is 18.8 Å². The van der Waals surface area contributed by atoms with E-state index < -0.39 is 0 Å². The molecule has 1 aliphatic heterocycles. The molecule has 18 heavy (non-hydrogen) atoms. The van der Waals surface area contributed by atoms with Crippen LogP contribution < -0.4 is 5.43 Å². The fraction of sp³-hybridized carbons (Fsp3) is 0.933. The molecule has 104 valence electrons. The van der Waals surface area contributed by atoms with Crippen molar-refractivity contribution in [2.75, 3.05) is 0 Å². The molecule has 4 atom stereocenters. The van der Waals surface area contributed by atoms with Crippen LogP contribution in [0.15, 0.2) is 5.10 Å². The van der Waals surface area contributed by atoms with Crippen molar-refractivity contribution in [3.63, 3.8) is 0 Å². The lowest BCUT2D eigenvalue weighted by Gasteiger charge is -2.33. The number of nitrogens with one attached hydrogen (secondary N) is 1. The molecule has 1 aliphatic carbocycles. The van der Waals surface area contributed by atoms with Crippen LogP contribution in [0.1, 0.15) is 65.2 Å². The predicted molar refractivity (Wildman–Crippen MR) is 82.4 cm³/mol. The van der Waals surface area contributed by atoms with E-state index in [9.17, 15) is 0 Å². The maximum Gasteiger partial charge on any atom is 0.0518 e. The van der Waals surface area contributed by atoms with Gasteiger partial charge in [0.2, 0.25) is 0 Å². The summed E-state index contributed by atoms with van der Waals surface area (Å²) in [5.74, 6) is 0.693. The maximum atomic E-state index is 4.60. The van der Waals surface area contributed by atoms with Gasteiger partial charge in [-0.05, 0) is 42.8 Å². The minimum absolute atomic E-state index is 0.507. The molecule has 0 aromatic carbocycles. The van der Waals surface area contributed by atoms with Gasteiger partial charge in [-0.25, -0.2) is 0 Å². The van der Waals surface area contributed by atoms with E-state index in [2.05, 4.69) is 43.2 Å². The van der Waals surface area contributed by atoms with Crippen molar-refractivity contribution in [2.45, 2.75) is 76.5 Å². The molecule has 0 radical (unpaired) electrons. The zero-order chi connectivity index (χ0) is 13.0. The predicted octanol–water partition coefficient (Wildman–Crippen LogP) is 4.02. The SMILES string of the molecule is CC(S)CC1(C)CCCCC2C=NNC2CCC1. The van der Waals surface area contributed by atoms with Gasteiger partial charge in [-0.1, -0.05) is 33.1 Å². The van der Waals surface area contributed by atoms with E-state index in [4.69, 9.17) is 0 Å². The molecule has 1 fully saturated rings. The normalized spacial score (nSPS) is 38.8. The number of hydrogen-bond donors (Lipinski definition) is 2. The molecule has 0 spiro atoms. The highest BCUT2D eigenvalue weighted by Crippen LogP contribution is 2.38. The highest BCUT2D eigenvalue weighted by molar-refractivity contribution is 7.80. The zero-order valence-corrected chi connectivity index (χ0v) is 12.8. The fourth-order valence-electron chi connectivity index (χ4n) is 3.71. The first-order chi connectivity index (χ1) is 8.59. The number of nitrogens with zero attached hydrogens (tertiary/aromatic N) is 1. The van der Waals surface area contributed by atoms with Crippen molar-refractivity contribution in [2.24, 2.45) is 16.4 Å². The number of rotatable bonds is 2. The zero-order valence-electron chi connectivity index (χ0n) is 11.9. The Morgan fingerprint density at radius 2 is 2.11 bits per heavy atom. The van der Waals surface area contributed by atoms with Gasteiger partial charge >= 0.3 is 0 Å². The molecule has 0 aromatic rings. The summed E-state index contributed by atoms with van der Waals surface area (Å²) in [4.78, 5) is 0. The lowest BCUT2D eigenvalue weighted by molar-refractivity contribution is 0.217. The molecule has 0 aromatic heterocycles. The molecule has 2 nitrogen and oxygen atoms in total. The summed E-state index contributed by atoms with van der Waals surface area (Å²) in [5.41, 5.74) is 3.80. The summed E-state index contributed by atoms with van der Waals surface area (Å²) in [5, 5.41) is 4.80. The van der Waals surface area contributed by atoms with E-state index in [0.29, 0.717) is 22.6 Å². The molecule has 1 heterocycles. The molecule has 0 amide bonds. The van der Waals surface area contributed by atoms with Crippen LogP contribution >= 0.6 is 12.6 Å². The van der Waals surface area contributed by atoms with Crippen molar-refractivity contribution in [1.29, 1.82) is 0 Å². The standard InChI is InChI=1S/C15H28N2S/c1-12(18)10-15(2)8-4-3-6-13-11-16-17-14(13)7-5-9-15/h11-14,17-18H,3-10H2,1-2H3. The van der Waals surface area contributed by atoms with E-state index in [0.717, 1.165) is 0 Å². The molecule has 2 aliphatic rings. The molecule has 1 N–H and O–H groups in total. The second-order valence-corrected chi connectivity index (χ2v) is 7.56. The summed E-state index contributed by atoms with van der Waals surface area (Å²) in [6, 6.07) is 0.612. The molecule has 2 rings (SSSR count). The van der Waals surface area contributed by atoms with Crippen LogP contribution in [-0.2, 0) is 0 Å². The molecule has 0 bridgehead atoms. The number of thiol groups is 1. The number of hydrogen-bond acceptors (Lipinski definition) is 3. The second-order valence-electron chi connectivity index (χ2n) is 6.68. The van der Waals surface area contributed by atoms with E-state index in [1.165, 1.54) is 51.4 Å². The van der Waals surface area contributed by atoms with Crippen LogP contribution in [0.5, 0.6) is 0 Å². The third kappa shape index (κ3) is 3.91. The van der Waals surface area contributed by atoms with Crippen molar-refractivity contribution in [1.82, 2.24) is 5.43 Å². The minimum atomic E-state index is 0.507. The van der Waals surface area contributed by atoms with Crippen LogP contribution in [0.2, 0.25) is 0 Å². The summed E-state index contributed by atoms with van der Waals surface area (Å²) in [7, 11) is 0. The van der Waals surface area contributed by atoms with Gasteiger partial charge in [-0.15, -0.1) is 0 Å². The number of fused-ring (bicyclic) bond motifs is 1. The van der Waals surface area contributed by atoms with Gasteiger partial charge in [0.05, 0.1) is 6.04 Å². The Hall–Kier alpha value is -0.180. The van der Waals surface area contributed by atoms with E-state index in [1.807, 2.05) is 0 Å². The topological polar surface area (TPSA) is 24.4 Å².